The lowest BCUT2D eigenvalue weighted by atomic mass is 9.88. The number of carbonyl (C=O) groups is 1. The van der Waals surface area contributed by atoms with E-state index in [0.717, 1.165) is 38.8 Å². The highest BCUT2D eigenvalue weighted by Gasteiger charge is 2.34. The number of aliphatic hydroxyl groups is 1. The Bertz CT molecular complexity index is 360. The molecule has 1 N–H and O–H groups in total. The van der Waals surface area contributed by atoms with Crippen LogP contribution in [0.1, 0.15) is 67.2 Å². The summed E-state index contributed by atoms with van der Waals surface area (Å²) in [6, 6.07) is 0.281. The molecular weight excluding hydrogens is 276 g/mol. The molecule has 4 nitrogen and oxygen atoms in total. The Morgan fingerprint density at radius 3 is 1.91 bits per heavy atom. The Hall–Kier alpha value is -0.610. The van der Waals surface area contributed by atoms with Crippen LogP contribution in [0.15, 0.2) is 0 Å². The maximum atomic E-state index is 12.9. The van der Waals surface area contributed by atoms with E-state index < -0.39 is 0 Å². The van der Waals surface area contributed by atoms with Crippen LogP contribution in [0.2, 0.25) is 0 Å². The van der Waals surface area contributed by atoms with Gasteiger partial charge in [0, 0.05) is 30.1 Å². The van der Waals surface area contributed by atoms with Crippen LogP contribution in [0, 0.1) is 5.41 Å². The first-order valence-corrected chi connectivity index (χ1v) is 8.63. The normalized spacial score (nSPS) is 23.7. The summed E-state index contributed by atoms with van der Waals surface area (Å²) < 4.78 is 0. The monoisotopic (exact) mass is 312 g/mol. The number of carbonyl (C=O) groups excluding carboxylic acids is 1. The van der Waals surface area contributed by atoms with Gasteiger partial charge < -0.3 is 10.0 Å². The first kappa shape index (κ1) is 19.4. The molecular formula is C18H36N2O2. The van der Waals surface area contributed by atoms with Crippen molar-refractivity contribution in [2.24, 2.45) is 5.41 Å². The molecule has 1 rings (SSSR count). The lowest BCUT2D eigenvalue weighted by Crippen LogP contribution is -2.51. The third-order valence-electron chi connectivity index (χ3n) is 4.83. The minimum absolute atomic E-state index is 0.110. The Labute approximate surface area is 136 Å². The van der Waals surface area contributed by atoms with E-state index in [4.69, 9.17) is 0 Å². The highest BCUT2D eigenvalue weighted by Crippen LogP contribution is 2.27. The van der Waals surface area contributed by atoms with Crippen LogP contribution >= 0.6 is 0 Å². The van der Waals surface area contributed by atoms with E-state index in [1.165, 1.54) is 0 Å². The van der Waals surface area contributed by atoms with Crippen LogP contribution in [0.5, 0.6) is 0 Å². The predicted octanol–water partition coefficient (Wildman–Crippen LogP) is 2.89. The smallest absolute Gasteiger partial charge is 0.228 e. The maximum absolute atomic E-state index is 12.9. The first-order chi connectivity index (χ1) is 9.93. The molecule has 22 heavy (non-hydrogen) atoms. The highest BCUT2D eigenvalue weighted by molar-refractivity contribution is 5.81. The average molecular weight is 312 g/mol. The molecule has 0 heterocycles. The molecule has 1 amide bonds. The van der Waals surface area contributed by atoms with E-state index in [1.54, 1.807) is 0 Å². The summed E-state index contributed by atoms with van der Waals surface area (Å²) in [5.74, 6) is 0.233. The molecule has 0 aliphatic heterocycles. The van der Waals surface area contributed by atoms with Gasteiger partial charge in [-0.1, -0.05) is 20.8 Å². The largest absolute Gasteiger partial charge is 0.393 e. The third-order valence-corrected chi connectivity index (χ3v) is 4.83. The van der Waals surface area contributed by atoms with Gasteiger partial charge in [-0.3, -0.25) is 9.69 Å². The van der Waals surface area contributed by atoms with Gasteiger partial charge in [0.2, 0.25) is 5.91 Å². The number of hydrogen-bond acceptors (Lipinski definition) is 3. The summed E-state index contributed by atoms with van der Waals surface area (Å²) in [6.07, 6.45) is 3.28. The third kappa shape index (κ3) is 5.54. The van der Waals surface area contributed by atoms with Crippen LogP contribution in [-0.2, 0) is 4.79 Å². The zero-order valence-corrected chi connectivity index (χ0v) is 15.6. The Morgan fingerprint density at radius 1 is 1.00 bits per heavy atom. The topological polar surface area (TPSA) is 43.8 Å². The van der Waals surface area contributed by atoms with Crippen molar-refractivity contribution in [2.45, 2.75) is 84.9 Å². The zero-order chi connectivity index (χ0) is 17.1. The SMILES string of the molecule is CN(CCN(C(=O)C(C)(C)C)C1CCC(O)CC1)C(C)(C)C. The molecule has 0 aromatic carbocycles. The van der Waals surface area contributed by atoms with Crippen LogP contribution in [0.3, 0.4) is 0 Å². The zero-order valence-electron chi connectivity index (χ0n) is 15.6. The van der Waals surface area contributed by atoms with E-state index in [2.05, 4.69) is 37.6 Å². The van der Waals surface area contributed by atoms with Crippen molar-refractivity contribution in [1.29, 1.82) is 0 Å². The van der Waals surface area contributed by atoms with Gasteiger partial charge in [0.05, 0.1) is 6.10 Å². The molecule has 130 valence electrons. The number of aliphatic hydroxyl groups excluding tert-OH is 1. The van der Waals surface area contributed by atoms with Gasteiger partial charge >= 0.3 is 0 Å². The lowest BCUT2D eigenvalue weighted by Gasteiger charge is -2.41. The van der Waals surface area contributed by atoms with Crippen molar-refractivity contribution in [3.05, 3.63) is 0 Å². The van der Waals surface area contributed by atoms with Crippen LogP contribution in [0.4, 0.5) is 0 Å². The fourth-order valence-electron chi connectivity index (χ4n) is 2.84. The second-order valence-corrected chi connectivity index (χ2v) is 8.80. The Kier molecular flexibility index (Phi) is 6.46. The van der Waals surface area contributed by atoms with Crippen molar-refractivity contribution in [1.82, 2.24) is 9.80 Å². The number of nitrogens with zero attached hydrogens (tertiary/aromatic N) is 2. The molecule has 0 aromatic heterocycles. The highest BCUT2D eigenvalue weighted by atomic mass is 16.3. The Morgan fingerprint density at radius 2 is 1.50 bits per heavy atom. The molecule has 0 aromatic rings. The molecule has 0 saturated heterocycles. The van der Waals surface area contributed by atoms with Crippen LogP contribution < -0.4 is 0 Å². The average Bonchev–Trinajstić information content (AvgIpc) is 2.38. The number of hydrogen-bond donors (Lipinski definition) is 1. The Balaban J connectivity index is 2.77. The van der Waals surface area contributed by atoms with E-state index in [0.29, 0.717) is 0 Å². The van der Waals surface area contributed by atoms with Gasteiger partial charge in [-0.25, -0.2) is 0 Å². The molecule has 0 spiro atoms. The summed E-state index contributed by atoms with van der Waals surface area (Å²) >= 11 is 0. The van der Waals surface area contributed by atoms with Crippen molar-refractivity contribution in [2.75, 3.05) is 20.1 Å². The molecule has 4 heteroatoms. The lowest BCUT2D eigenvalue weighted by molar-refractivity contribution is -0.143. The standard InChI is InChI=1S/C18H36N2O2/c1-17(2,3)16(22)20(13-12-19(7)18(4,5)6)14-8-10-15(21)11-9-14/h14-15,21H,8-13H2,1-7H3. The summed E-state index contributed by atoms with van der Waals surface area (Å²) in [7, 11) is 2.12. The maximum Gasteiger partial charge on any atom is 0.228 e. The van der Waals surface area contributed by atoms with E-state index in [9.17, 15) is 9.90 Å². The quantitative estimate of drug-likeness (QED) is 0.868. The first-order valence-electron chi connectivity index (χ1n) is 8.63. The van der Waals surface area contributed by atoms with Gasteiger partial charge in [0.25, 0.3) is 0 Å². The summed E-state index contributed by atoms with van der Waals surface area (Å²) in [4.78, 5) is 17.2. The van der Waals surface area contributed by atoms with Crippen LogP contribution in [0.25, 0.3) is 0 Å². The van der Waals surface area contributed by atoms with Crippen molar-refractivity contribution in [3.8, 4) is 0 Å². The minimum Gasteiger partial charge on any atom is -0.393 e. The molecule has 1 aliphatic carbocycles. The molecule has 0 unspecified atom stereocenters. The van der Waals surface area contributed by atoms with Gasteiger partial charge in [-0.2, -0.15) is 0 Å². The number of amides is 1. The van der Waals surface area contributed by atoms with E-state index in [1.807, 2.05) is 20.8 Å². The summed E-state index contributed by atoms with van der Waals surface area (Å²) in [5.41, 5.74) is -0.240. The fraction of sp³-hybridized carbons (Fsp3) is 0.944. The minimum atomic E-state index is -0.351. The van der Waals surface area contributed by atoms with Gasteiger partial charge in [-0.05, 0) is 53.5 Å². The van der Waals surface area contributed by atoms with Crippen molar-refractivity contribution >= 4 is 5.91 Å². The second-order valence-electron chi connectivity index (χ2n) is 8.80. The molecule has 0 bridgehead atoms. The summed E-state index contributed by atoms with van der Waals surface area (Å²) in [5, 5.41) is 9.72. The molecule has 0 radical (unpaired) electrons. The number of likely N-dealkylation sites (N-methyl/N-ethyl adjacent to an activating group) is 1. The molecule has 1 aliphatic rings. The molecule has 1 saturated carbocycles. The summed E-state index contributed by atoms with van der Waals surface area (Å²) in [6.45, 7) is 14.2. The van der Waals surface area contributed by atoms with Crippen molar-refractivity contribution in [3.63, 3.8) is 0 Å². The van der Waals surface area contributed by atoms with E-state index in [-0.39, 0.29) is 29.0 Å². The van der Waals surface area contributed by atoms with Gasteiger partial charge in [-0.15, -0.1) is 0 Å². The van der Waals surface area contributed by atoms with Crippen molar-refractivity contribution < 1.29 is 9.90 Å². The fourth-order valence-corrected chi connectivity index (χ4v) is 2.84. The van der Waals surface area contributed by atoms with E-state index >= 15 is 0 Å². The predicted molar refractivity (Wildman–Crippen MR) is 91.8 cm³/mol. The number of rotatable bonds is 4. The molecule has 1 fully saturated rings. The van der Waals surface area contributed by atoms with Gasteiger partial charge in [0.15, 0.2) is 0 Å². The van der Waals surface area contributed by atoms with Gasteiger partial charge in [0.1, 0.15) is 0 Å². The second kappa shape index (κ2) is 7.31. The van der Waals surface area contributed by atoms with Crippen LogP contribution in [-0.4, -0.2) is 58.6 Å². The molecule has 0 atom stereocenters.